The number of benzene rings is 1. The second-order valence-corrected chi connectivity index (χ2v) is 7.80. The van der Waals surface area contributed by atoms with E-state index in [0.29, 0.717) is 18.8 Å². The van der Waals surface area contributed by atoms with Crippen molar-refractivity contribution in [1.82, 2.24) is 9.88 Å². The molecule has 0 unspecified atom stereocenters. The fourth-order valence-electron chi connectivity index (χ4n) is 3.58. The Morgan fingerprint density at radius 3 is 2.71 bits per heavy atom. The molecule has 28 heavy (non-hydrogen) atoms. The Hall–Kier alpha value is -2.51. The maximum atomic E-state index is 12.9. The Kier molecular flexibility index (Phi) is 5.54. The molecule has 0 aliphatic carbocycles. The highest BCUT2D eigenvalue weighted by atomic mass is 32.1. The first-order valence-electron chi connectivity index (χ1n) is 9.36. The summed E-state index contributed by atoms with van der Waals surface area (Å²) < 4.78 is 19.5. The SMILES string of the molecule is COc1cc(Cn2c(C(=O)NC[C@H]3CCCO3)cc3sccc32)cc(OC)c1. The largest absolute Gasteiger partial charge is 0.497 e. The molecule has 1 saturated heterocycles. The number of hydrogen-bond donors (Lipinski definition) is 1. The number of carbonyl (C=O) groups is 1. The van der Waals surface area contributed by atoms with Gasteiger partial charge < -0.3 is 24.1 Å². The van der Waals surface area contributed by atoms with E-state index >= 15 is 0 Å². The normalized spacial score (nSPS) is 16.4. The molecule has 6 nitrogen and oxygen atoms in total. The van der Waals surface area contributed by atoms with E-state index in [1.54, 1.807) is 25.6 Å². The third kappa shape index (κ3) is 3.86. The molecule has 0 saturated carbocycles. The number of fused-ring (bicyclic) bond motifs is 1. The topological polar surface area (TPSA) is 61.7 Å². The number of hydrogen-bond acceptors (Lipinski definition) is 5. The minimum atomic E-state index is -0.0752. The molecule has 1 aliphatic heterocycles. The highest BCUT2D eigenvalue weighted by molar-refractivity contribution is 7.17. The van der Waals surface area contributed by atoms with Crippen molar-refractivity contribution in [2.45, 2.75) is 25.5 Å². The first-order chi connectivity index (χ1) is 13.7. The van der Waals surface area contributed by atoms with Crippen molar-refractivity contribution in [3.05, 3.63) is 47.0 Å². The lowest BCUT2D eigenvalue weighted by molar-refractivity contribution is 0.0851. The number of carbonyl (C=O) groups excluding carboxylic acids is 1. The Morgan fingerprint density at radius 2 is 2.04 bits per heavy atom. The van der Waals surface area contributed by atoms with E-state index in [9.17, 15) is 4.79 Å². The Bertz CT molecular complexity index is 950. The molecule has 148 valence electrons. The average Bonchev–Trinajstić information content (AvgIpc) is 3.45. The third-order valence-electron chi connectivity index (χ3n) is 5.02. The highest BCUT2D eigenvalue weighted by Gasteiger charge is 2.20. The summed E-state index contributed by atoms with van der Waals surface area (Å²) in [6.45, 7) is 1.88. The third-order valence-corrected chi connectivity index (χ3v) is 5.87. The lowest BCUT2D eigenvalue weighted by atomic mass is 10.2. The molecule has 0 bridgehead atoms. The van der Waals surface area contributed by atoms with E-state index in [2.05, 4.69) is 5.32 Å². The van der Waals surface area contributed by atoms with Crippen LogP contribution >= 0.6 is 11.3 Å². The molecule has 1 aliphatic rings. The van der Waals surface area contributed by atoms with Crippen molar-refractivity contribution in [2.24, 2.45) is 0 Å². The van der Waals surface area contributed by atoms with Gasteiger partial charge in [-0.25, -0.2) is 0 Å². The summed E-state index contributed by atoms with van der Waals surface area (Å²) in [5.74, 6) is 1.38. The quantitative estimate of drug-likeness (QED) is 0.657. The summed E-state index contributed by atoms with van der Waals surface area (Å²) in [5.41, 5.74) is 2.71. The number of aromatic nitrogens is 1. The van der Waals surface area contributed by atoms with Gasteiger partial charge in [0.2, 0.25) is 0 Å². The van der Waals surface area contributed by atoms with Crippen molar-refractivity contribution in [3.63, 3.8) is 0 Å². The van der Waals surface area contributed by atoms with E-state index < -0.39 is 0 Å². The molecule has 1 atom stereocenters. The van der Waals surface area contributed by atoms with Crippen LogP contribution in [0.5, 0.6) is 11.5 Å². The smallest absolute Gasteiger partial charge is 0.268 e. The van der Waals surface area contributed by atoms with Gasteiger partial charge in [-0.2, -0.15) is 0 Å². The number of nitrogens with one attached hydrogen (secondary N) is 1. The molecule has 1 fully saturated rings. The van der Waals surface area contributed by atoms with Crippen molar-refractivity contribution in [1.29, 1.82) is 0 Å². The van der Waals surface area contributed by atoms with Crippen LogP contribution in [0.2, 0.25) is 0 Å². The van der Waals surface area contributed by atoms with E-state index in [1.807, 2.05) is 40.3 Å². The molecular weight excluding hydrogens is 376 g/mol. The van der Waals surface area contributed by atoms with E-state index in [-0.39, 0.29) is 12.0 Å². The standard InChI is InChI=1S/C21H24N2O4S/c1-25-16-8-14(9-17(10-16)26-2)13-23-18-5-7-28-20(18)11-19(23)21(24)22-12-15-4-3-6-27-15/h5,7-11,15H,3-4,6,12-13H2,1-2H3,(H,22,24)/t15-/m1/s1. The summed E-state index contributed by atoms with van der Waals surface area (Å²) in [7, 11) is 3.27. The molecule has 4 rings (SSSR count). The van der Waals surface area contributed by atoms with Crippen molar-refractivity contribution in [2.75, 3.05) is 27.4 Å². The summed E-state index contributed by atoms with van der Waals surface area (Å²) in [6.07, 6.45) is 2.18. The van der Waals surface area contributed by atoms with Gasteiger partial charge in [0.05, 0.1) is 30.5 Å². The second kappa shape index (κ2) is 8.24. The van der Waals surface area contributed by atoms with Crippen LogP contribution in [0.15, 0.2) is 35.7 Å². The average molecular weight is 401 g/mol. The summed E-state index contributed by atoms with van der Waals surface area (Å²) in [4.78, 5) is 12.9. The van der Waals surface area contributed by atoms with Crippen LogP contribution in [0.4, 0.5) is 0 Å². The number of thiophene rings is 1. The van der Waals surface area contributed by atoms with Crippen LogP contribution in [-0.4, -0.2) is 43.9 Å². The molecule has 3 heterocycles. The summed E-state index contributed by atoms with van der Waals surface area (Å²) in [5, 5.41) is 5.08. The Morgan fingerprint density at radius 1 is 1.25 bits per heavy atom. The minimum Gasteiger partial charge on any atom is -0.497 e. The lowest BCUT2D eigenvalue weighted by Crippen LogP contribution is -2.33. The highest BCUT2D eigenvalue weighted by Crippen LogP contribution is 2.28. The Balaban J connectivity index is 1.61. The van der Waals surface area contributed by atoms with Gasteiger partial charge in [0, 0.05) is 25.8 Å². The number of rotatable bonds is 7. The molecule has 1 amide bonds. The van der Waals surface area contributed by atoms with Crippen molar-refractivity contribution < 1.29 is 19.0 Å². The zero-order valence-electron chi connectivity index (χ0n) is 16.1. The number of ether oxygens (including phenoxy) is 3. The predicted molar refractivity (Wildman–Crippen MR) is 110 cm³/mol. The van der Waals surface area contributed by atoms with Crippen molar-refractivity contribution >= 4 is 27.5 Å². The van der Waals surface area contributed by atoms with Crippen molar-refractivity contribution in [3.8, 4) is 11.5 Å². The number of methoxy groups -OCH3 is 2. The molecule has 1 aromatic carbocycles. The van der Waals surface area contributed by atoms with Gasteiger partial charge in [0.25, 0.3) is 5.91 Å². The lowest BCUT2D eigenvalue weighted by Gasteiger charge is -2.14. The molecule has 3 aromatic rings. The van der Waals surface area contributed by atoms with Crippen LogP contribution in [0.1, 0.15) is 28.9 Å². The van der Waals surface area contributed by atoms with E-state index in [0.717, 1.165) is 46.7 Å². The maximum absolute atomic E-state index is 12.9. The van der Waals surface area contributed by atoms with Crippen LogP contribution in [0, 0.1) is 0 Å². The molecular formula is C21H24N2O4S. The van der Waals surface area contributed by atoms with Gasteiger partial charge in [-0.05, 0) is 48.1 Å². The molecule has 7 heteroatoms. The first kappa shape index (κ1) is 18.8. The first-order valence-corrected chi connectivity index (χ1v) is 10.2. The van der Waals surface area contributed by atoms with Crippen LogP contribution in [0.3, 0.4) is 0 Å². The molecule has 0 radical (unpaired) electrons. The zero-order valence-corrected chi connectivity index (χ0v) is 16.9. The number of amides is 1. The second-order valence-electron chi connectivity index (χ2n) is 6.85. The molecule has 0 spiro atoms. The number of nitrogens with zero attached hydrogens (tertiary/aromatic N) is 1. The van der Waals surface area contributed by atoms with E-state index in [1.165, 1.54) is 0 Å². The fraction of sp³-hybridized carbons (Fsp3) is 0.381. The van der Waals surface area contributed by atoms with Gasteiger partial charge in [0.15, 0.2) is 0 Å². The predicted octanol–water partition coefficient (Wildman–Crippen LogP) is 3.68. The maximum Gasteiger partial charge on any atom is 0.268 e. The van der Waals surface area contributed by atoms with Gasteiger partial charge >= 0.3 is 0 Å². The summed E-state index contributed by atoms with van der Waals surface area (Å²) in [6, 6.07) is 9.79. The minimum absolute atomic E-state index is 0.0752. The summed E-state index contributed by atoms with van der Waals surface area (Å²) >= 11 is 1.63. The van der Waals surface area contributed by atoms with Gasteiger partial charge in [-0.1, -0.05) is 0 Å². The monoisotopic (exact) mass is 400 g/mol. The van der Waals surface area contributed by atoms with Crippen LogP contribution in [-0.2, 0) is 11.3 Å². The molecule has 2 aromatic heterocycles. The fourth-order valence-corrected chi connectivity index (χ4v) is 4.40. The van der Waals surface area contributed by atoms with Crippen LogP contribution in [0.25, 0.3) is 10.2 Å². The van der Waals surface area contributed by atoms with E-state index in [4.69, 9.17) is 14.2 Å². The molecule has 1 N–H and O–H groups in total. The zero-order chi connectivity index (χ0) is 19.5. The van der Waals surface area contributed by atoms with Gasteiger partial charge in [-0.15, -0.1) is 11.3 Å². The van der Waals surface area contributed by atoms with Gasteiger partial charge in [-0.3, -0.25) is 4.79 Å². The van der Waals surface area contributed by atoms with Crippen LogP contribution < -0.4 is 14.8 Å². The van der Waals surface area contributed by atoms with Gasteiger partial charge in [0.1, 0.15) is 17.2 Å². The Labute approximate surface area is 168 Å².